The summed E-state index contributed by atoms with van der Waals surface area (Å²) in [6.07, 6.45) is -1.65. The first-order valence-corrected chi connectivity index (χ1v) is 6.15. The number of rotatable bonds is 1. The van der Waals surface area contributed by atoms with Crippen molar-refractivity contribution in [3.8, 4) is 0 Å². The van der Waals surface area contributed by atoms with Crippen molar-refractivity contribution in [3.05, 3.63) is 20.8 Å². The zero-order valence-electron chi connectivity index (χ0n) is 7.76. The molecule has 0 spiro atoms. The van der Waals surface area contributed by atoms with Gasteiger partial charge in [-0.2, -0.15) is 0 Å². The number of carbonyl (C=O) groups excluding carboxylic acids is 1. The van der Waals surface area contributed by atoms with Crippen LogP contribution in [0.1, 0.15) is 9.67 Å². The summed E-state index contributed by atoms with van der Waals surface area (Å²) < 4.78 is 0.758. The predicted octanol–water partition coefficient (Wildman–Crippen LogP) is 0.688. The number of aliphatic hydroxyl groups excluding tert-OH is 2. The van der Waals surface area contributed by atoms with Gasteiger partial charge in [-0.25, -0.2) is 0 Å². The lowest BCUT2D eigenvalue weighted by Crippen LogP contribution is -2.29. The molecule has 6 heteroatoms. The maximum atomic E-state index is 11.9. The Morgan fingerprint density at radius 3 is 2.53 bits per heavy atom. The molecule has 0 unspecified atom stereocenters. The summed E-state index contributed by atoms with van der Waals surface area (Å²) in [6.45, 7) is 0.398. The molecule has 1 fully saturated rings. The van der Waals surface area contributed by atoms with E-state index in [4.69, 9.17) is 0 Å². The minimum Gasteiger partial charge on any atom is -0.388 e. The maximum absolute atomic E-state index is 11.9. The van der Waals surface area contributed by atoms with Crippen LogP contribution in [0.4, 0.5) is 0 Å². The molecule has 82 valence electrons. The van der Waals surface area contributed by atoms with Crippen LogP contribution in [0.5, 0.6) is 0 Å². The average Bonchev–Trinajstić information content (AvgIpc) is 2.74. The fraction of sp³-hybridized carbons (Fsp3) is 0.444. The highest BCUT2D eigenvalue weighted by Crippen LogP contribution is 2.25. The minimum absolute atomic E-state index is 0.146. The molecular weight excluding hydrogens is 282 g/mol. The highest BCUT2D eigenvalue weighted by Gasteiger charge is 2.33. The molecule has 0 bridgehead atoms. The van der Waals surface area contributed by atoms with Crippen LogP contribution in [0.15, 0.2) is 15.9 Å². The van der Waals surface area contributed by atoms with Gasteiger partial charge in [0.15, 0.2) is 0 Å². The molecule has 1 aliphatic rings. The molecule has 2 atom stereocenters. The first-order valence-electron chi connectivity index (χ1n) is 4.48. The Balaban J connectivity index is 2.13. The van der Waals surface area contributed by atoms with E-state index in [-0.39, 0.29) is 19.0 Å². The number of β-amino-alcohol motifs (C(OH)–C–C–N with tert-alkyl or cyclic N) is 2. The molecule has 4 nitrogen and oxygen atoms in total. The van der Waals surface area contributed by atoms with Gasteiger partial charge in [0.25, 0.3) is 5.91 Å². The molecule has 2 N–H and O–H groups in total. The lowest BCUT2D eigenvalue weighted by molar-refractivity contribution is 0.0572. The van der Waals surface area contributed by atoms with E-state index >= 15 is 0 Å². The van der Waals surface area contributed by atoms with Crippen molar-refractivity contribution in [2.45, 2.75) is 12.2 Å². The van der Waals surface area contributed by atoms with Crippen molar-refractivity contribution < 1.29 is 15.0 Å². The Morgan fingerprint density at radius 2 is 2.07 bits per heavy atom. The number of carbonyl (C=O) groups is 1. The van der Waals surface area contributed by atoms with E-state index in [0.717, 1.165) is 4.47 Å². The van der Waals surface area contributed by atoms with E-state index in [1.54, 1.807) is 6.07 Å². The van der Waals surface area contributed by atoms with Crippen LogP contribution in [-0.2, 0) is 0 Å². The number of thiophene rings is 1. The first-order chi connectivity index (χ1) is 7.09. The quantitative estimate of drug-likeness (QED) is 0.800. The zero-order chi connectivity index (χ0) is 11.0. The number of halogens is 1. The van der Waals surface area contributed by atoms with Crippen molar-refractivity contribution in [2.75, 3.05) is 13.1 Å². The second-order valence-corrected chi connectivity index (χ2v) is 5.21. The Kier molecular flexibility index (Phi) is 3.11. The largest absolute Gasteiger partial charge is 0.388 e. The van der Waals surface area contributed by atoms with Gasteiger partial charge in [0.05, 0.1) is 12.2 Å². The third kappa shape index (κ3) is 2.08. The molecule has 1 aliphatic heterocycles. The summed E-state index contributed by atoms with van der Waals surface area (Å²) in [5.74, 6) is -0.146. The van der Waals surface area contributed by atoms with Crippen molar-refractivity contribution in [2.24, 2.45) is 0 Å². The normalized spacial score (nSPS) is 25.9. The smallest absolute Gasteiger partial charge is 0.265 e. The lowest BCUT2D eigenvalue weighted by Gasteiger charge is -2.14. The van der Waals surface area contributed by atoms with Crippen molar-refractivity contribution in [3.63, 3.8) is 0 Å². The number of likely N-dealkylation sites (tertiary alicyclic amines) is 1. The number of hydrogen-bond donors (Lipinski definition) is 2. The van der Waals surface area contributed by atoms with Gasteiger partial charge >= 0.3 is 0 Å². The molecule has 2 heterocycles. The summed E-state index contributed by atoms with van der Waals surface area (Å²) in [7, 11) is 0. The second-order valence-electron chi connectivity index (χ2n) is 3.44. The van der Waals surface area contributed by atoms with Crippen LogP contribution in [-0.4, -0.2) is 46.3 Å². The van der Waals surface area contributed by atoms with Crippen LogP contribution < -0.4 is 0 Å². The van der Waals surface area contributed by atoms with Crippen molar-refractivity contribution in [1.82, 2.24) is 4.90 Å². The maximum Gasteiger partial charge on any atom is 0.265 e. The third-order valence-corrected chi connectivity index (χ3v) is 4.18. The molecular formula is C9H10BrNO3S. The lowest BCUT2D eigenvalue weighted by atomic mass is 10.3. The molecule has 1 amide bonds. The van der Waals surface area contributed by atoms with Crippen molar-refractivity contribution >= 4 is 33.2 Å². The molecule has 0 aliphatic carbocycles. The predicted molar refractivity (Wildman–Crippen MR) is 59.9 cm³/mol. The van der Waals surface area contributed by atoms with E-state index in [1.165, 1.54) is 16.2 Å². The molecule has 1 aromatic heterocycles. The molecule has 0 aromatic carbocycles. The standard InChI is InChI=1S/C9H10BrNO3S/c10-5-1-2-15-8(5)9(14)11-3-6(12)7(13)4-11/h1-2,6-7,12-13H,3-4H2/t6-,7+. The summed E-state index contributed by atoms with van der Waals surface area (Å²) >= 11 is 4.63. The highest BCUT2D eigenvalue weighted by molar-refractivity contribution is 9.10. The monoisotopic (exact) mass is 291 g/mol. The molecule has 0 saturated carbocycles. The van der Waals surface area contributed by atoms with Gasteiger partial charge in [0.1, 0.15) is 4.88 Å². The molecule has 0 radical (unpaired) electrons. The van der Waals surface area contributed by atoms with Gasteiger partial charge in [-0.15, -0.1) is 11.3 Å². The fourth-order valence-electron chi connectivity index (χ4n) is 1.53. The summed E-state index contributed by atoms with van der Waals surface area (Å²) in [5.41, 5.74) is 0. The summed E-state index contributed by atoms with van der Waals surface area (Å²) in [4.78, 5) is 14.0. The topological polar surface area (TPSA) is 60.8 Å². The molecule has 2 rings (SSSR count). The van der Waals surface area contributed by atoms with Gasteiger partial charge in [-0.1, -0.05) is 0 Å². The van der Waals surface area contributed by atoms with Crippen LogP contribution >= 0.6 is 27.3 Å². The van der Waals surface area contributed by atoms with Gasteiger partial charge in [0.2, 0.25) is 0 Å². The Labute approximate surface area is 99.3 Å². The number of hydrogen-bond acceptors (Lipinski definition) is 4. The third-order valence-electron chi connectivity index (χ3n) is 2.36. The van der Waals surface area contributed by atoms with E-state index in [0.29, 0.717) is 4.88 Å². The molecule has 1 aromatic rings. The Morgan fingerprint density at radius 1 is 1.47 bits per heavy atom. The first kappa shape index (κ1) is 11.1. The van der Waals surface area contributed by atoms with E-state index < -0.39 is 12.2 Å². The molecule has 15 heavy (non-hydrogen) atoms. The van der Waals surface area contributed by atoms with Crippen LogP contribution in [0.2, 0.25) is 0 Å². The van der Waals surface area contributed by atoms with Crippen LogP contribution in [0.25, 0.3) is 0 Å². The van der Waals surface area contributed by atoms with Gasteiger partial charge in [0, 0.05) is 17.6 Å². The highest BCUT2D eigenvalue weighted by atomic mass is 79.9. The minimum atomic E-state index is -0.826. The van der Waals surface area contributed by atoms with Gasteiger partial charge in [-0.05, 0) is 27.4 Å². The van der Waals surface area contributed by atoms with E-state index in [1.807, 2.05) is 5.38 Å². The average molecular weight is 292 g/mol. The van der Waals surface area contributed by atoms with Crippen LogP contribution in [0, 0.1) is 0 Å². The summed E-state index contributed by atoms with van der Waals surface area (Å²) in [5, 5.41) is 20.5. The molecule has 1 saturated heterocycles. The number of amides is 1. The Bertz CT molecular complexity index is 371. The zero-order valence-corrected chi connectivity index (χ0v) is 10.2. The summed E-state index contributed by atoms with van der Waals surface area (Å²) in [6, 6.07) is 1.81. The van der Waals surface area contributed by atoms with Crippen LogP contribution in [0.3, 0.4) is 0 Å². The van der Waals surface area contributed by atoms with Crippen molar-refractivity contribution in [1.29, 1.82) is 0 Å². The Hall–Kier alpha value is -0.430. The van der Waals surface area contributed by atoms with E-state index in [9.17, 15) is 15.0 Å². The van der Waals surface area contributed by atoms with Gasteiger partial charge < -0.3 is 15.1 Å². The number of nitrogens with zero attached hydrogens (tertiary/aromatic N) is 1. The second kappa shape index (κ2) is 4.21. The SMILES string of the molecule is O=C(c1sccc1Br)N1C[C@@H](O)[C@@H](O)C1. The number of aliphatic hydroxyl groups is 2. The fourth-order valence-corrected chi connectivity index (χ4v) is 3.03. The van der Waals surface area contributed by atoms with E-state index in [2.05, 4.69) is 15.9 Å². The van der Waals surface area contributed by atoms with Gasteiger partial charge in [-0.3, -0.25) is 4.79 Å².